The van der Waals surface area contributed by atoms with Gasteiger partial charge in [-0.25, -0.2) is 4.79 Å². The second-order valence-corrected chi connectivity index (χ2v) is 13.5. The molecule has 1 heterocycles. The van der Waals surface area contributed by atoms with E-state index in [4.69, 9.17) is 51.6 Å². The van der Waals surface area contributed by atoms with Gasteiger partial charge in [-0.3, -0.25) is 14.4 Å². The summed E-state index contributed by atoms with van der Waals surface area (Å²) in [4.78, 5) is 49.9. The molecule has 5 atom stereocenters. The normalized spacial score (nSPS) is 19.3. The topological polar surface area (TPSA) is 204 Å². The molecule has 3 aromatic carbocycles. The highest BCUT2D eigenvalue weighted by atomic mass is 32.2. The maximum atomic E-state index is 13.9. The maximum Gasteiger partial charge on any atom is 0.339 e. The van der Waals surface area contributed by atoms with Gasteiger partial charge in [-0.05, 0) is 48.9 Å². The number of ether oxygens (including phenoxy) is 10. The lowest BCUT2D eigenvalue weighted by atomic mass is 9.97. The fourth-order valence-electron chi connectivity index (χ4n) is 5.59. The van der Waals surface area contributed by atoms with Crippen molar-refractivity contribution in [2.24, 2.45) is 0 Å². The third-order valence-corrected chi connectivity index (χ3v) is 9.28. The molecule has 1 saturated heterocycles. The first-order valence-corrected chi connectivity index (χ1v) is 18.1. The van der Waals surface area contributed by atoms with Crippen molar-refractivity contribution in [2.75, 3.05) is 35.5 Å². The molecule has 3 aromatic rings. The van der Waals surface area contributed by atoms with E-state index in [1.807, 2.05) is 0 Å². The Hall–Kier alpha value is -6.01. The van der Waals surface area contributed by atoms with Crippen LogP contribution in [-0.4, -0.2) is 98.5 Å². The molecule has 0 radical (unpaired) electrons. The molecule has 0 saturated carbocycles. The van der Waals surface area contributed by atoms with Gasteiger partial charge >= 0.3 is 34.0 Å². The molecule has 56 heavy (non-hydrogen) atoms. The van der Waals surface area contributed by atoms with Gasteiger partial charge in [0.25, 0.3) is 0 Å². The van der Waals surface area contributed by atoms with E-state index in [9.17, 15) is 27.6 Å². The number of methoxy groups -OCH3 is 5. The highest BCUT2D eigenvalue weighted by Gasteiger charge is 2.56. The van der Waals surface area contributed by atoms with E-state index in [1.165, 1.54) is 58.8 Å². The molecule has 0 bridgehead atoms. The van der Waals surface area contributed by atoms with Gasteiger partial charge in [-0.15, -0.1) is 0 Å². The van der Waals surface area contributed by atoms with Gasteiger partial charge in [0.05, 0.1) is 35.5 Å². The van der Waals surface area contributed by atoms with Crippen LogP contribution in [0.3, 0.4) is 0 Å². The highest BCUT2D eigenvalue weighted by molar-refractivity contribution is 7.87. The van der Waals surface area contributed by atoms with E-state index in [2.05, 4.69) is 0 Å². The number of rotatable bonds is 15. The molecule has 0 aromatic heterocycles. The summed E-state index contributed by atoms with van der Waals surface area (Å²) in [6.45, 7) is 4.87. The second kappa shape index (κ2) is 18.5. The van der Waals surface area contributed by atoms with E-state index < -0.39 is 76.2 Å². The van der Waals surface area contributed by atoms with Crippen LogP contribution in [0.25, 0.3) is 12.2 Å². The van der Waals surface area contributed by atoms with Gasteiger partial charge in [-0.2, -0.15) is 8.42 Å². The summed E-state index contributed by atoms with van der Waals surface area (Å²) in [5, 5.41) is 0. The molecule has 18 heteroatoms. The Morgan fingerprint density at radius 2 is 1.20 bits per heavy atom. The Morgan fingerprint density at radius 3 is 1.71 bits per heavy atom. The summed E-state index contributed by atoms with van der Waals surface area (Å²) in [6.07, 6.45) is -5.78. The SMILES string of the molecule is COC(=O)[C@H]1O[C@@H](Oc2c(OC)ccc(/C=C/c3cc(OC)c(OC)c(OC)c3)c2OS(=O)(=O)c2ccc(C)cc2)[C@H](OC(C)=O)[C@@H](OC(C)=O)[C@@H]1OC(C)=O. The molecule has 1 aliphatic heterocycles. The van der Waals surface area contributed by atoms with Crippen LogP contribution >= 0.6 is 0 Å². The lowest BCUT2D eigenvalue weighted by molar-refractivity contribution is -0.282. The van der Waals surface area contributed by atoms with Crippen LogP contribution in [0.2, 0.25) is 0 Å². The quantitative estimate of drug-likeness (QED) is 0.0921. The van der Waals surface area contributed by atoms with Crippen LogP contribution in [0.1, 0.15) is 37.5 Å². The lowest BCUT2D eigenvalue weighted by Gasteiger charge is -2.43. The molecule has 0 aliphatic carbocycles. The summed E-state index contributed by atoms with van der Waals surface area (Å²) >= 11 is 0. The molecular weight excluding hydrogens is 760 g/mol. The molecule has 4 rings (SSSR count). The first kappa shape index (κ1) is 42.7. The minimum Gasteiger partial charge on any atom is -0.493 e. The summed E-state index contributed by atoms with van der Waals surface area (Å²) in [6, 6.07) is 12.0. The first-order chi connectivity index (χ1) is 26.6. The van der Waals surface area contributed by atoms with Crippen LogP contribution in [-0.2, 0) is 53.0 Å². The number of hydrogen-bond donors (Lipinski definition) is 0. The minimum atomic E-state index is -4.62. The largest absolute Gasteiger partial charge is 0.493 e. The summed E-state index contributed by atoms with van der Waals surface area (Å²) in [5.41, 5.74) is 1.41. The molecule has 302 valence electrons. The Labute approximate surface area is 323 Å². The van der Waals surface area contributed by atoms with Gasteiger partial charge in [0.15, 0.2) is 41.3 Å². The van der Waals surface area contributed by atoms with Gasteiger partial charge in [0, 0.05) is 26.3 Å². The number of carbonyl (C=O) groups is 4. The third-order valence-electron chi connectivity index (χ3n) is 8.04. The number of hydrogen-bond acceptors (Lipinski definition) is 17. The molecule has 1 aliphatic rings. The van der Waals surface area contributed by atoms with E-state index in [0.29, 0.717) is 22.8 Å². The van der Waals surface area contributed by atoms with E-state index in [0.717, 1.165) is 33.4 Å². The predicted molar refractivity (Wildman–Crippen MR) is 195 cm³/mol. The Kier molecular flexibility index (Phi) is 14.2. The number of carbonyl (C=O) groups excluding carboxylic acids is 4. The highest BCUT2D eigenvalue weighted by Crippen LogP contribution is 2.45. The van der Waals surface area contributed by atoms with Crippen molar-refractivity contribution in [1.29, 1.82) is 0 Å². The zero-order chi connectivity index (χ0) is 41.3. The molecule has 1 fully saturated rings. The minimum absolute atomic E-state index is 0.101. The van der Waals surface area contributed by atoms with Crippen LogP contribution < -0.4 is 27.9 Å². The predicted octanol–water partition coefficient (Wildman–Crippen LogP) is 4.04. The molecule has 0 amide bonds. The van der Waals surface area contributed by atoms with E-state index >= 15 is 0 Å². The van der Waals surface area contributed by atoms with Crippen molar-refractivity contribution in [2.45, 2.75) is 63.3 Å². The van der Waals surface area contributed by atoms with Crippen molar-refractivity contribution in [1.82, 2.24) is 0 Å². The maximum absolute atomic E-state index is 13.9. The number of esters is 4. The standard InChI is InChI=1S/C38H42O17S/c1-20-10-15-26(16-11-20)56(43,44)55-30-25(13-12-24-18-28(46-6)31(48-8)29(19-24)47-7)14-17-27(45-5)32(30)53-38-36(52-23(4)41)34(51-22(3)40)33(50-21(2)39)35(54-38)37(42)49-9/h10-19,33-36,38H,1-9H3/b13-12+/t33-,34-,35-,36+,38+/m0/s1. The fourth-order valence-corrected chi connectivity index (χ4v) is 6.54. The molecule has 0 unspecified atom stereocenters. The van der Waals surface area contributed by atoms with Gasteiger partial charge in [0.2, 0.25) is 23.9 Å². The smallest absolute Gasteiger partial charge is 0.339 e. The van der Waals surface area contributed by atoms with Gasteiger partial charge in [-0.1, -0.05) is 29.8 Å². The Morgan fingerprint density at radius 1 is 0.643 bits per heavy atom. The van der Waals surface area contributed by atoms with Crippen molar-refractivity contribution in [3.05, 3.63) is 65.2 Å². The van der Waals surface area contributed by atoms with Crippen molar-refractivity contribution in [3.8, 4) is 34.5 Å². The Balaban J connectivity index is 1.97. The summed E-state index contributed by atoms with van der Waals surface area (Å²) in [5.74, 6) is -3.81. The molecular formula is C38H42O17S. The van der Waals surface area contributed by atoms with Crippen LogP contribution in [0.15, 0.2) is 53.4 Å². The summed E-state index contributed by atoms with van der Waals surface area (Å²) in [7, 11) is 2.01. The second-order valence-electron chi connectivity index (χ2n) is 11.9. The molecule has 17 nitrogen and oxygen atoms in total. The van der Waals surface area contributed by atoms with Crippen molar-refractivity contribution in [3.63, 3.8) is 0 Å². The van der Waals surface area contributed by atoms with Crippen LogP contribution in [0.5, 0.6) is 34.5 Å². The monoisotopic (exact) mass is 802 g/mol. The zero-order valence-corrected chi connectivity index (χ0v) is 32.8. The van der Waals surface area contributed by atoms with E-state index in [1.54, 1.807) is 37.3 Å². The third kappa shape index (κ3) is 9.99. The average molecular weight is 803 g/mol. The van der Waals surface area contributed by atoms with Crippen LogP contribution in [0.4, 0.5) is 0 Å². The average Bonchev–Trinajstić information content (AvgIpc) is 3.15. The zero-order valence-electron chi connectivity index (χ0n) is 32.0. The fraction of sp³-hybridized carbons (Fsp3) is 0.368. The van der Waals surface area contributed by atoms with Gasteiger partial charge < -0.3 is 51.6 Å². The molecule has 0 spiro atoms. The Bertz CT molecular complexity index is 2030. The van der Waals surface area contributed by atoms with Crippen molar-refractivity contribution >= 4 is 46.1 Å². The lowest BCUT2D eigenvalue weighted by Crippen LogP contribution is -2.64. The summed E-state index contributed by atoms with van der Waals surface area (Å²) < 4.78 is 88.8. The van der Waals surface area contributed by atoms with Gasteiger partial charge in [0.1, 0.15) is 4.90 Å². The van der Waals surface area contributed by atoms with Crippen molar-refractivity contribution < 1.29 is 79.1 Å². The van der Waals surface area contributed by atoms with Crippen LogP contribution in [0, 0.1) is 6.92 Å². The number of benzene rings is 3. The van der Waals surface area contributed by atoms with E-state index in [-0.39, 0.29) is 16.2 Å². The first-order valence-electron chi connectivity index (χ1n) is 16.7. The number of aryl methyl sites for hydroxylation is 1. The molecule has 0 N–H and O–H groups in total.